The Labute approximate surface area is 83.6 Å². The predicted molar refractivity (Wildman–Crippen MR) is 53.7 cm³/mol. The number of nitrogens with zero attached hydrogens (tertiary/aromatic N) is 1. The van der Waals surface area contributed by atoms with Gasteiger partial charge in [0.1, 0.15) is 13.7 Å². The molecule has 0 rings (SSSR count). The Balaban J connectivity index is 3.77. The van der Waals surface area contributed by atoms with E-state index in [1.54, 1.807) is 26.0 Å². The molecule has 0 N–H and O–H groups in total. The highest BCUT2D eigenvalue weighted by Gasteiger charge is 1.92. The molecule has 0 aromatic rings. The van der Waals surface area contributed by atoms with Crippen LogP contribution >= 0.6 is 0 Å². The number of carbonyl (C=O) groups excluding carboxylic acids is 1. The molecule has 0 radical (unpaired) electrons. The number of ether oxygens (including phenoxy) is 1. The first-order valence-corrected chi connectivity index (χ1v) is 4.04. The lowest BCUT2D eigenvalue weighted by Crippen LogP contribution is -2.00. The summed E-state index contributed by atoms with van der Waals surface area (Å²) in [6, 6.07) is 0. The number of oxime groups is 1. The molecular weight excluding hydrogens is 182 g/mol. The fourth-order valence-electron chi connectivity index (χ4n) is 0.655. The van der Waals surface area contributed by atoms with E-state index in [1.165, 1.54) is 7.11 Å². The van der Waals surface area contributed by atoms with E-state index < -0.39 is 5.97 Å². The zero-order valence-electron chi connectivity index (χ0n) is 8.53. The van der Waals surface area contributed by atoms with Gasteiger partial charge in [-0.1, -0.05) is 11.1 Å². The quantitative estimate of drug-likeness (QED) is 0.222. The van der Waals surface area contributed by atoms with Crippen molar-refractivity contribution in [1.82, 2.24) is 0 Å². The summed E-state index contributed by atoms with van der Waals surface area (Å²) in [5.74, 6) is 4.17. The van der Waals surface area contributed by atoms with E-state index in [0.717, 1.165) is 0 Å². The van der Waals surface area contributed by atoms with Crippen LogP contribution in [0.4, 0.5) is 0 Å². The highest BCUT2D eigenvalue weighted by atomic mass is 16.6. The van der Waals surface area contributed by atoms with Gasteiger partial charge in [-0.15, -0.1) is 0 Å². The third-order valence-corrected chi connectivity index (χ3v) is 1.13. The summed E-state index contributed by atoms with van der Waals surface area (Å²) in [5, 5.41) is 3.64. The van der Waals surface area contributed by atoms with Crippen LogP contribution in [-0.2, 0) is 14.4 Å². The van der Waals surface area contributed by atoms with E-state index in [0.29, 0.717) is 5.71 Å². The third kappa shape index (κ3) is 6.92. The topological polar surface area (TPSA) is 47.9 Å². The summed E-state index contributed by atoms with van der Waals surface area (Å²) < 4.78 is 4.72. The molecule has 0 bridgehead atoms. The van der Waals surface area contributed by atoms with Crippen molar-refractivity contribution >= 4 is 11.7 Å². The molecule has 0 unspecified atom stereocenters. The summed E-state index contributed by atoms with van der Waals surface area (Å²) in [6.07, 6.45) is 3.35. The molecule has 76 valence electrons. The van der Waals surface area contributed by atoms with E-state index in [1.807, 2.05) is 0 Å². The van der Waals surface area contributed by atoms with Gasteiger partial charge in [0, 0.05) is 5.92 Å². The molecule has 0 spiro atoms. The van der Waals surface area contributed by atoms with E-state index in [-0.39, 0.29) is 6.61 Å². The van der Waals surface area contributed by atoms with Crippen molar-refractivity contribution < 1.29 is 14.4 Å². The van der Waals surface area contributed by atoms with Crippen LogP contribution in [0.5, 0.6) is 0 Å². The minimum atomic E-state index is -0.529. The average Bonchev–Trinajstić information content (AvgIpc) is 2.13. The van der Waals surface area contributed by atoms with Crippen molar-refractivity contribution in [3.63, 3.8) is 0 Å². The highest BCUT2D eigenvalue weighted by molar-refractivity contribution is 5.92. The van der Waals surface area contributed by atoms with E-state index in [4.69, 9.17) is 4.74 Å². The number of hydrogen-bond acceptors (Lipinski definition) is 4. The molecule has 0 aliphatic rings. The number of rotatable bonds is 4. The zero-order chi connectivity index (χ0) is 10.8. The largest absolute Gasteiger partial charge is 0.452 e. The van der Waals surface area contributed by atoms with Gasteiger partial charge in [-0.25, -0.2) is 4.79 Å². The van der Waals surface area contributed by atoms with Crippen LogP contribution < -0.4 is 0 Å². The molecule has 4 nitrogen and oxygen atoms in total. The number of esters is 1. The molecule has 0 aromatic carbocycles. The maximum atomic E-state index is 10.7. The fraction of sp³-hybridized carbons (Fsp3) is 0.400. The van der Waals surface area contributed by atoms with E-state index in [2.05, 4.69) is 21.8 Å². The van der Waals surface area contributed by atoms with Gasteiger partial charge in [0.25, 0.3) is 0 Å². The molecule has 0 aliphatic heterocycles. The van der Waals surface area contributed by atoms with E-state index >= 15 is 0 Å². The summed E-state index contributed by atoms with van der Waals surface area (Å²) >= 11 is 0. The lowest BCUT2D eigenvalue weighted by Gasteiger charge is -1.94. The Bertz CT molecular complexity index is 294. The minimum absolute atomic E-state index is 0.185. The molecule has 0 aromatic heterocycles. The maximum absolute atomic E-state index is 10.7. The molecule has 0 atom stereocenters. The first-order chi connectivity index (χ1) is 6.70. The van der Waals surface area contributed by atoms with Crippen LogP contribution in [0.3, 0.4) is 0 Å². The molecule has 0 fully saturated rings. The van der Waals surface area contributed by atoms with Crippen molar-refractivity contribution in [3.05, 3.63) is 12.2 Å². The second kappa shape index (κ2) is 7.87. The molecule has 0 amide bonds. The van der Waals surface area contributed by atoms with Crippen molar-refractivity contribution in [2.75, 3.05) is 13.7 Å². The van der Waals surface area contributed by atoms with Gasteiger partial charge in [-0.05, 0) is 26.0 Å². The molecule has 4 heteroatoms. The predicted octanol–water partition coefficient (Wildman–Crippen LogP) is 1.13. The van der Waals surface area contributed by atoms with Gasteiger partial charge in [-0.3, -0.25) is 0 Å². The second-order valence-corrected chi connectivity index (χ2v) is 2.29. The van der Waals surface area contributed by atoms with Crippen molar-refractivity contribution in [3.8, 4) is 11.8 Å². The number of allylic oxidation sites excluding steroid dienone is 1. The smallest absolute Gasteiger partial charge is 0.384 e. The first kappa shape index (κ1) is 12.2. The van der Waals surface area contributed by atoms with Crippen LogP contribution in [0.1, 0.15) is 13.8 Å². The Kier molecular flexibility index (Phi) is 6.88. The number of carbonyl (C=O) groups is 1. The van der Waals surface area contributed by atoms with Crippen LogP contribution in [0.2, 0.25) is 0 Å². The lowest BCUT2D eigenvalue weighted by molar-refractivity contribution is -0.135. The maximum Gasteiger partial charge on any atom is 0.384 e. The number of hydrogen-bond donors (Lipinski definition) is 0. The highest BCUT2D eigenvalue weighted by Crippen LogP contribution is 1.84. The van der Waals surface area contributed by atoms with Crippen LogP contribution in [0.15, 0.2) is 17.3 Å². The fourth-order valence-corrected chi connectivity index (χ4v) is 0.655. The summed E-state index contributed by atoms with van der Waals surface area (Å²) in [7, 11) is 1.47. The van der Waals surface area contributed by atoms with E-state index in [9.17, 15) is 4.79 Å². The van der Waals surface area contributed by atoms with Gasteiger partial charge < -0.3 is 9.57 Å². The molecule has 0 heterocycles. The van der Waals surface area contributed by atoms with Crippen LogP contribution in [0, 0.1) is 11.8 Å². The van der Waals surface area contributed by atoms with Crippen molar-refractivity contribution in [2.45, 2.75) is 13.8 Å². The Morgan fingerprint density at radius 2 is 2.29 bits per heavy atom. The normalized spacial score (nSPS) is 10.6. The SMILES string of the molecule is CC#CC(=O)OC/C=C/C(C)=N/OC. The van der Waals surface area contributed by atoms with Gasteiger partial charge >= 0.3 is 5.97 Å². The monoisotopic (exact) mass is 195 g/mol. The Morgan fingerprint density at radius 3 is 2.86 bits per heavy atom. The molecule has 0 saturated carbocycles. The molecule has 14 heavy (non-hydrogen) atoms. The summed E-state index contributed by atoms with van der Waals surface area (Å²) in [6.45, 7) is 3.53. The third-order valence-electron chi connectivity index (χ3n) is 1.13. The van der Waals surface area contributed by atoms with Crippen LogP contribution in [-0.4, -0.2) is 25.4 Å². The molecular formula is C10H13NO3. The molecule has 0 saturated heterocycles. The van der Waals surface area contributed by atoms with Gasteiger partial charge in [0.05, 0.1) is 5.71 Å². The second-order valence-electron chi connectivity index (χ2n) is 2.29. The minimum Gasteiger partial charge on any atom is -0.452 e. The average molecular weight is 195 g/mol. The zero-order valence-corrected chi connectivity index (χ0v) is 8.53. The van der Waals surface area contributed by atoms with Gasteiger partial charge in [-0.2, -0.15) is 0 Å². The van der Waals surface area contributed by atoms with Crippen molar-refractivity contribution in [1.29, 1.82) is 0 Å². The standard InChI is InChI=1S/C10H13NO3/c1-4-6-10(12)14-8-5-7-9(2)11-13-3/h5,7H,8H2,1-3H3/b7-5+,11-9+. The van der Waals surface area contributed by atoms with Crippen molar-refractivity contribution in [2.24, 2.45) is 5.16 Å². The Hall–Kier alpha value is -1.76. The Morgan fingerprint density at radius 1 is 1.57 bits per heavy atom. The van der Waals surface area contributed by atoms with Crippen LogP contribution in [0.25, 0.3) is 0 Å². The lowest BCUT2D eigenvalue weighted by atomic mass is 10.4. The van der Waals surface area contributed by atoms with Gasteiger partial charge in [0.15, 0.2) is 0 Å². The van der Waals surface area contributed by atoms with Gasteiger partial charge in [0.2, 0.25) is 0 Å². The summed E-state index contributed by atoms with van der Waals surface area (Å²) in [5.41, 5.74) is 0.699. The summed E-state index contributed by atoms with van der Waals surface area (Å²) in [4.78, 5) is 15.3. The molecule has 0 aliphatic carbocycles. The first-order valence-electron chi connectivity index (χ1n) is 4.04.